The molecule has 0 spiro atoms. The van der Waals surface area contributed by atoms with Crippen molar-refractivity contribution in [2.45, 2.75) is 0 Å². The van der Waals surface area contributed by atoms with Gasteiger partial charge < -0.3 is 24.1 Å². The number of benzene rings is 2. The van der Waals surface area contributed by atoms with Gasteiger partial charge in [0, 0.05) is 6.07 Å². The zero-order valence-electron chi connectivity index (χ0n) is 14.5. The Labute approximate surface area is 146 Å². The maximum absolute atomic E-state index is 12.0. The zero-order chi connectivity index (χ0) is 18.4. The average Bonchev–Trinajstić information content (AvgIpc) is 2.64. The molecular formula is C19H20O6. The van der Waals surface area contributed by atoms with Gasteiger partial charge in [0.2, 0.25) is 0 Å². The molecule has 0 aromatic heterocycles. The van der Waals surface area contributed by atoms with E-state index in [2.05, 4.69) is 0 Å². The number of carbonyl (C=O) groups excluding carboxylic acids is 1. The second kappa shape index (κ2) is 8.10. The van der Waals surface area contributed by atoms with E-state index in [1.165, 1.54) is 20.3 Å². The third-order valence-corrected chi connectivity index (χ3v) is 3.64. The van der Waals surface area contributed by atoms with Crippen LogP contribution >= 0.6 is 0 Å². The van der Waals surface area contributed by atoms with E-state index in [0.717, 1.165) is 0 Å². The number of carbonyl (C=O) groups is 1. The highest BCUT2D eigenvalue weighted by Crippen LogP contribution is 2.33. The van der Waals surface area contributed by atoms with Crippen LogP contribution < -0.4 is 14.2 Å². The number of esters is 1. The van der Waals surface area contributed by atoms with Crippen molar-refractivity contribution in [1.29, 1.82) is 0 Å². The lowest BCUT2D eigenvalue weighted by Crippen LogP contribution is -2.04. The number of rotatable bonds is 6. The van der Waals surface area contributed by atoms with Crippen LogP contribution in [0.15, 0.2) is 30.3 Å². The first kappa shape index (κ1) is 18.2. The minimum atomic E-state index is -0.646. The van der Waals surface area contributed by atoms with Crippen molar-refractivity contribution >= 4 is 18.1 Å². The number of methoxy groups -OCH3 is 4. The summed E-state index contributed by atoms with van der Waals surface area (Å²) in [6.07, 6.45) is 3.40. The molecule has 0 atom stereocenters. The van der Waals surface area contributed by atoms with Crippen LogP contribution in [0.4, 0.5) is 0 Å². The van der Waals surface area contributed by atoms with Gasteiger partial charge in [-0.25, -0.2) is 4.79 Å². The summed E-state index contributed by atoms with van der Waals surface area (Å²) in [5, 5.41) is 10.1. The van der Waals surface area contributed by atoms with E-state index in [1.54, 1.807) is 44.6 Å². The van der Waals surface area contributed by atoms with Gasteiger partial charge in [0.05, 0.1) is 34.0 Å². The zero-order valence-corrected chi connectivity index (χ0v) is 14.5. The predicted molar refractivity (Wildman–Crippen MR) is 94.5 cm³/mol. The van der Waals surface area contributed by atoms with Crippen LogP contribution in [0.5, 0.6) is 23.0 Å². The Bertz CT molecular complexity index is 772. The standard InChI is InChI=1S/C19H20O6/c1-22-13-10-12(18(15(20)11-13)19(21)25-4)8-9-14-16(23-2)6-5-7-17(14)24-3/h5-11,20H,1-4H3. The van der Waals surface area contributed by atoms with E-state index < -0.39 is 5.97 Å². The molecule has 2 aromatic carbocycles. The van der Waals surface area contributed by atoms with Crippen LogP contribution in [-0.2, 0) is 4.74 Å². The van der Waals surface area contributed by atoms with Crippen molar-refractivity contribution < 1.29 is 28.8 Å². The molecule has 0 amide bonds. The minimum absolute atomic E-state index is 0.0495. The predicted octanol–water partition coefficient (Wildman–Crippen LogP) is 3.38. The molecule has 0 saturated carbocycles. The molecule has 0 saturated heterocycles. The Kier molecular flexibility index (Phi) is 5.89. The molecule has 1 N–H and O–H groups in total. The molecule has 132 valence electrons. The normalized spacial score (nSPS) is 10.6. The summed E-state index contributed by atoms with van der Waals surface area (Å²) >= 11 is 0. The van der Waals surface area contributed by atoms with Crippen molar-refractivity contribution in [3.8, 4) is 23.0 Å². The lowest BCUT2D eigenvalue weighted by Gasteiger charge is -2.11. The first-order valence-electron chi connectivity index (χ1n) is 7.44. The number of hydrogen-bond acceptors (Lipinski definition) is 6. The van der Waals surface area contributed by atoms with Gasteiger partial charge in [-0.15, -0.1) is 0 Å². The first-order chi connectivity index (χ1) is 12.0. The summed E-state index contributed by atoms with van der Waals surface area (Å²) in [5.41, 5.74) is 1.19. The highest BCUT2D eigenvalue weighted by Gasteiger charge is 2.18. The van der Waals surface area contributed by atoms with Gasteiger partial charge in [0.15, 0.2) is 0 Å². The van der Waals surface area contributed by atoms with Gasteiger partial charge in [0.25, 0.3) is 0 Å². The second-order valence-corrected chi connectivity index (χ2v) is 5.01. The number of hydrogen-bond donors (Lipinski definition) is 1. The molecule has 25 heavy (non-hydrogen) atoms. The van der Waals surface area contributed by atoms with E-state index in [9.17, 15) is 9.90 Å². The van der Waals surface area contributed by atoms with Crippen LogP contribution in [0.1, 0.15) is 21.5 Å². The van der Waals surface area contributed by atoms with Gasteiger partial charge in [-0.05, 0) is 29.8 Å². The molecule has 0 heterocycles. The average molecular weight is 344 g/mol. The Balaban J connectivity index is 2.58. The van der Waals surface area contributed by atoms with Crippen molar-refractivity contribution in [2.24, 2.45) is 0 Å². The van der Waals surface area contributed by atoms with E-state index in [0.29, 0.717) is 28.4 Å². The van der Waals surface area contributed by atoms with Crippen LogP contribution in [0, 0.1) is 0 Å². The Hall–Kier alpha value is -3.15. The maximum atomic E-state index is 12.0. The summed E-state index contributed by atoms with van der Waals surface area (Å²) in [5.74, 6) is 0.770. The summed E-state index contributed by atoms with van der Waals surface area (Å²) in [6.45, 7) is 0. The molecule has 0 aliphatic heterocycles. The smallest absolute Gasteiger partial charge is 0.342 e. The van der Waals surface area contributed by atoms with E-state index in [1.807, 2.05) is 6.07 Å². The molecule has 0 unspecified atom stereocenters. The lowest BCUT2D eigenvalue weighted by atomic mass is 10.0. The third kappa shape index (κ3) is 3.85. The van der Waals surface area contributed by atoms with Gasteiger partial charge in [0.1, 0.15) is 28.6 Å². The third-order valence-electron chi connectivity index (χ3n) is 3.64. The van der Waals surface area contributed by atoms with Gasteiger partial charge in [-0.2, -0.15) is 0 Å². The molecule has 0 aliphatic carbocycles. The highest BCUT2D eigenvalue weighted by atomic mass is 16.5. The Morgan fingerprint density at radius 2 is 1.60 bits per heavy atom. The van der Waals surface area contributed by atoms with Crippen molar-refractivity contribution in [1.82, 2.24) is 0 Å². The molecule has 6 nitrogen and oxygen atoms in total. The molecular weight excluding hydrogens is 324 g/mol. The van der Waals surface area contributed by atoms with Gasteiger partial charge >= 0.3 is 5.97 Å². The largest absolute Gasteiger partial charge is 0.507 e. The molecule has 0 radical (unpaired) electrons. The lowest BCUT2D eigenvalue weighted by molar-refractivity contribution is 0.0597. The number of aromatic hydroxyl groups is 1. The molecule has 2 rings (SSSR count). The first-order valence-corrected chi connectivity index (χ1v) is 7.44. The minimum Gasteiger partial charge on any atom is -0.507 e. The monoisotopic (exact) mass is 344 g/mol. The van der Waals surface area contributed by atoms with E-state index in [4.69, 9.17) is 18.9 Å². The van der Waals surface area contributed by atoms with Crippen molar-refractivity contribution in [2.75, 3.05) is 28.4 Å². The van der Waals surface area contributed by atoms with Crippen LogP contribution in [0.25, 0.3) is 12.2 Å². The Morgan fingerprint density at radius 3 is 2.12 bits per heavy atom. The van der Waals surface area contributed by atoms with E-state index in [-0.39, 0.29) is 11.3 Å². The van der Waals surface area contributed by atoms with Crippen LogP contribution in [0.3, 0.4) is 0 Å². The van der Waals surface area contributed by atoms with Gasteiger partial charge in [-0.3, -0.25) is 0 Å². The second-order valence-electron chi connectivity index (χ2n) is 5.01. The topological polar surface area (TPSA) is 74.2 Å². The maximum Gasteiger partial charge on any atom is 0.342 e. The summed E-state index contributed by atoms with van der Waals surface area (Å²) in [4.78, 5) is 12.0. The summed E-state index contributed by atoms with van der Waals surface area (Å²) in [6, 6.07) is 8.39. The number of ether oxygens (including phenoxy) is 4. The molecule has 0 fully saturated rings. The number of phenolic OH excluding ortho intramolecular Hbond substituents is 1. The number of phenols is 1. The van der Waals surface area contributed by atoms with Crippen LogP contribution in [0.2, 0.25) is 0 Å². The summed E-state index contributed by atoms with van der Waals surface area (Å²) in [7, 11) is 5.85. The quantitative estimate of drug-likeness (QED) is 0.640. The van der Waals surface area contributed by atoms with Gasteiger partial charge in [-0.1, -0.05) is 12.1 Å². The Morgan fingerprint density at radius 1 is 0.960 bits per heavy atom. The summed E-state index contributed by atoms with van der Waals surface area (Å²) < 4.78 is 20.6. The fourth-order valence-electron chi connectivity index (χ4n) is 2.41. The highest BCUT2D eigenvalue weighted by molar-refractivity contribution is 5.98. The van der Waals surface area contributed by atoms with E-state index >= 15 is 0 Å². The molecule has 6 heteroatoms. The molecule has 0 aliphatic rings. The SMILES string of the molecule is COC(=O)c1c(O)cc(OC)cc1C=Cc1c(OC)cccc1OC. The van der Waals surface area contributed by atoms with Crippen LogP contribution in [-0.4, -0.2) is 39.5 Å². The molecule has 2 aromatic rings. The van der Waals surface area contributed by atoms with Crippen molar-refractivity contribution in [3.05, 3.63) is 47.0 Å². The molecule has 0 bridgehead atoms. The fraction of sp³-hybridized carbons (Fsp3) is 0.211. The fourth-order valence-corrected chi connectivity index (χ4v) is 2.41. The van der Waals surface area contributed by atoms with Crippen molar-refractivity contribution in [3.63, 3.8) is 0 Å².